The van der Waals surface area contributed by atoms with E-state index < -0.39 is 28.8 Å². The predicted molar refractivity (Wildman–Crippen MR) is 106 cm³/mol. The lowest BCUT2D eigenvalue weighted by atomic mass is 9.81. The van der Waals surface area contributed by atoms with Gasteiger partial charge in [-0.2, -0.15) is 0 Å². The molecule has 0 saturated carbocycles. The van der Waals surface area contributed by atoms with E-state index >= 15 is 0 Å². The van der Waals surface area contributed by atoms with Crippen LogP contribution in [0, 0.1) is 0 Å². The molecular weight excluding hydrogens is 374 g/mol. The summed E-state index contributed by atoms with van der Waals surface area (Å²) in [5.41, 5.74) is -2.32. The van der Waals surface area contributed by atoms with Gasteiger partial charge in [0.25, 0.3) is 0 Å². The van der Waals surface area contributed by atoms with E-state index in [0.29, 0.717) is 5.75 Å². The number of allylic oxidation sites excluding steroid dienone is 2. The summed E-state index contributed by atoms with van der Waals surface area (Å²) >= 11 is 0. The fourth-order valence-electron chi connectivity index (χ4n) is 3.46. The Hall–Kier alpha value is -3.09. The molecule has 1 saturated heterocycles. The molecule has 0 radical (unpaired) electrons. The molecule has 29 heavy (non-hydrogen) atoms. The van der Waals surface area contributed by atoms with Gasteiger partial charge < -0.3 is 19.5 Å². The fourth-order valence-corrected chi connectivity index (χ4v) is 3.46. The van der Waals surface area contributed by atoms with Crippen LogP contribution < -0.4 is 10.1 Å². The Morgan fingerprint density at radius 1 is 1.14 bits per heavy atom. The summed E-state index contributed by atoms with van der Waals surface area (Å²) in [7, 11) is 1.57. The molecule has 1 aromatic rings. The van der Waals surface area contributed by atoms with E-state index in [4.69, 9.17) is 14.2 Å². The molecule has 1 fully saturated rings. The molecule has 1 amide bonds. The minimum absolute atomic E-state index is 0.143. The summed E-state index contributed by atoms with van der Waals surface area (Å²) < 4.78 is 16.2. The molecule has 1 heterocycles. The smallest absolute Gasteiger partial charge is 0.408 e. The van der Waals surface area contributed by atoms with E-state index in [-0.39, 0.29) is 18.6 Å². The number of hydrogen-bond acceptors (Lipinski definition) is 6. The van der Waals surface area contributed by atoms with Gasteiger partial charge in [0, 0.05) is 12.8 Å². The summed E-state index contributed by atoms with van der Waals surface area (Å²) in [4.78, 5) is 37.1. The SMILES string of the molecule is COc1ccc(C[C@@]2(NC(=O)OC(C)(C)C)CC3(C=CC(=O)C=C3)OC2=O)cc1. The van der Waals surface area contributed by atoms with E-state index in [9.17, 15) is 14.4 Å². The summed E-state index contributed by atoms with van der Waals surface area (Å²) in [5.74, 6) is -0.0766. The number of carbonyl (C=O) groups is 3. The molecule has 1 aliphatic heterocycles. The van der Waals surface area contributed by atoms with Crippen LogP contribution in [0.5, 0.6) is 5.75 Å². The first kappa shape index (κ1) is 20.6. The number of hydrogen-bond donors (Lipinski definition) is 1. The van der Waals surface area contributed by atoms with Gasteiger partial charge in [0.05, 0.1) is 7.11 Å². The van der Waals surface area contributed by atoms with Crippen LogP contribution in [0.4, 0.5) is 4.79 Å². The van der Waals surface area contributed by atoms with Crippen LogP contribution in [0.2, 0.25) is 0 Å². The van der Waals surface area contributed by atoms with Crippen LogP contribution in [0.1, 0.15) is 32.8 Å². The number of benzene rings is 1. The van der Waals surface area contributed by atoms with Crippen LogP contribution in [0.25, 0.3) is 0 Å². The van der Waals surface area contributed by atoms with Gasteiger partial charge in [-0.25, -0.2) is 9.59 Å². The summed E-state index contributed by atoms with van der Waals surface area (Å²) in [6, 6.07) is 7.22. The van der Waals surface area contributed by atoms with E-state index in [1.165, 1.54) is 12.2 Å². The molecule has 1 atom stereocenters. The summed E-state index contributed by atoms with van der Waals surface area (Å²) in [5, 5.41) is 2.74. The highest BCUT2D eigenvalue weighted by atomic mass is 16.6. The van der Waals surface area contributed by atoms with Crippen molar-refractivity contribution in [3.05, 3.63) is 54.1 Å². The molecule has 7 nitrogen and oxygen atoms in total. The van der Waals surface area contributed by atoms with Gasteiger partial charge in [-0.3, -0.25) is 4.79 Å². The lowest BCUT2D eigenvalue weighted by Gasteiger charge is -2.29. The highest BCUT2D eigenvalue weighted by molar-refractivity contribution is 6.01. The van der Waals surface area contributed by atoms with Crippen molar-refractivity contribution < 1.29 is 28.6 Å². The topological polar surface area (TPSA) is 90.9 Å². The van der Waals surface area contributed by atoms with Crippen LogP contribution in [-0.2, 0) is 25.5 Å². The Kier molecular flexibility index (Phi) is 5.26. The Morgan fingerprint density at radius 3 is 2.31 bits per heavy atom. The molecule has 3 rings (SSSR count). The van der Waals surface area contributed by atoms with Gasteiger partial charge in [-0.15, -0.1) is 0 Å². The van der Waals surface area contributed by atoms with Crippen LogP contribution >= 0.6 is 0 Å². The number of alkyl carbamates (subject to hydrolysis) is 1. The lowest BCUT2D eigenvalue weighted by molar-refractivity contribution is -0.147. The number of nitrogens with one attached hydrogen (secondary N) is 1. The van der Waals surface area contributed by atoms with E-state index in [1.807, 2.05) is 12.1 Å². The molecule has 1 spiro atoms. The quantitative estimate of drug-likeness (QED) is 0.783. The number of esters is 1. The molecule has 2 aliphatic rings. The molecule has 1 N–H and O–H groups in total. The zero-order valence-electron chi connectivity index (χ0n) is 17.0. The van der Waals surface area contributed by atoms with Gasteiger partial charge >= 0.3 is 12.1 Å². The van der Waals surface area contributed by atoms with Crippen molar-refractivity contribution >= 4 is 17.8 Å². The first-order chi connectivity index (χ1) is 13.5. The molecule has 154 valence electrons. The van der Waals surface area contributed by atoms with Crippen molar-refractivity contribution in [2.45, 2.75) is 50.4 Å². The molecule has 7 heteroatoms. The summed E-state index contributed by atoms with van der Waals surface area (Å²) in [6.45, 7) is 5.24. The first-order valence-electron chi connectivity index (χ1n) is 9.35. The third-order valence-electron chi connectivity index (χ3n) is 4.72. The highest BCUT2D eigenvalue weighted by Crippen LogP contribution is 2.40. The fraction of sp³-hybridized carbons (Fsp3) is 0.409. The average molecular weight is 399 g/mol. The maximum absolute atomic E-state index is 13.0. The zero-order chi connectivity index (χ0) is 21.3. The number of amides is 1. The third-order valence-corrected chi connectivity index (χ3v) is 4.72. The van der Waals surface area contributed by atoms with Gasteiger partial charge in [0.15, 0.2) is 11.4 Å². The normalized spacial score (nSPS) is 22.5. The standard InChI is InChI=1S/C22H25NO6/c1-20(2,3)29-19(26)23-22(13-15-5-7-17(27-4)8-6-15)14-21(28-18(22)25)11-9-16(24)10-12-21/h5-12H,13-14H2,1-4H3,(H,23,26)/t22-/m1/s1. The van der Waals surface area contributed by atoms with E-state index in [2.05, 4.69) is 5.32 Å². The number of carbonyl (C=O) groups excluding carboxylic acids is 3. The predicted octanol–water partition coefficient (Wildman–Crippen LogP) is 2.88. The zero-order valence-corrected chi connectivity index (χ0v) is 17.0. The second-order valence-corrected chi connectivity index (χ2v) is 8.32. The largest absolute Gasteiger partial charge is 0.497 e. The Morgan fingerprint density at radius 2 is 1.76 bits per heavy atom. The molecular formula is C22H25NO6. The number of ketones is 1. The van der Waals surface area contributed by atoms with Crippen molar-refractivity contribution in [2.24, 2.45) is 0 Å². The maximum Gasteiger partial charge on any atom is 0.408 e. The van der Waals surface area contributed by atoms with Gasteiger partial charge in [-0.1, -0.05) is 12.1 Å². The highest BCUT2D eigenvalue weighted by Gasteiger charge is 2.56. The number of ether oxygens (including phenoxy) is 3. The Labute approximate surface area is 169 Å². The Bertz CT molecular complexity index is 862. The molecule has 1 aromatic carbocycles. The summed E-state index contributed by atoms with van der Waals surface area (Å²) in [6.07, 6.45) is 5.48. The van der Waals surface area contributed by atoms with Crippen molar-refractivity contribution in [1.82, 2.24) is 5.32 Å². The van der Waals surface area contributed by atoms with Crippen molar-refractivity contribution in [2.75, 3.05) is 7.11 Å². The molecule has 0 bridgehead atoms. The Balaban J connectivity index is 1.92. The van der Waals surface area contributed by atoms with Crippen LogP contribution in [0.3, 0.4) is 0 Å². The monoisotopic (exact) mass is 399 g/mol. The molecule has 1 aliphatic carbocycles. The van der Waals surface area contributed by atoms with Crippen molar-refractivity contribution in [1.29, 1.82) is 0 Å². The number of rotatable bonds is 4. The molecule has 0 unspecified atom stereocenters. The van der Waals surface area contributed by atoms with Crippen molar-refractivity contribution in [3.63, 3.8) is 0 Å². The van der Waals surface area contributed by atoms with Crippen LogP contribution in [-0.4, -0.2) is 41.7 Å². The van der Waals surface area contributed by atoms with Gasteiger partial charge in [0.2, 0.25) is 0 Å². The maximum atomic E-state index is 13.0. The van der Waals surface area contributed by atoms with E-state index in [1.54, 1.807) is 52.2 Å². The number of methoxy groups -OCH3 is 1. The van der Waals surface area contributed by atoms with Gasteiger partial charge in [0.1, 0.15) is 16.9 Å². The minimum Gasteiger partial charge on any atom is -0.497 e. The van der Waals surface area contributed by atoms with Gasteiger partial charge in [-0.05, 0) is 62.8 Å². The molecule has 0 aromatic heterocycles. The second kappa shape index (κ2) is 7.39. The second-order valence-electron chi connectivity index (χ2n) is 8.32. The van der Waals surface area contributed by atoms with Crippen LogP contribution in [0.15, 0.2) is 48.6 Å². The lowest BCUT2D eigenvalue weighted by Crippen LogP contribution is -2.55. The average Bonchev–Trinajstić information content (AvgIpc) is 2.88. The minimum atomic E-state index is -1.34. The third kappa shape index (κ3) is 4.67. The first-order valence-corrected chi connectivity index (χ1v) is 9.35. The van der Waals surface area contributed by atoms with Crippen molar-refractivity contribution in [3.8, 4) is 5.75 Å². The van der Waals surface area contributed by atoms with E-state index in [0.717, 1.165) is 5.56 Å².